The van der Waals surface area contributed by atoms with Crippen LogP contribution >= 0.6 is 0 Å². The molecule has 0 saturated heterocycles. The highest BCUT2D eigenvalue weighted by molar-refractivity contribution is 5.88. The summed E-state index contributed by atoms with van der Waals surface area (Å²) in [5.74, 6) is -2.46. The summed E-state index contributed by atoms with van der Waals surface area (Å²) >= 11 is 0. The fourth-order valence-electron chi connectivity index (χ4n) is 5.36. The molecule has 244 valence electrons. The predicted molar refractivity (Wildman–Crippen MR) is 165 cm³/mol. The minimum absolute atomic E-state index is 0.0539. The molecule has 0 saturated carbocycles. The number of amides is 1. The first-order valence-corrected chi connectivity index (χ1v) is 14.7. The molecule has 0 radical (unpaired) electrons. The molecule has 1 N–H and O–H groups in total. The quantitative estimate of drug-likeness (QED) is 0.176. The van der Waals surface area contributed by atoms with Gasteiger partial charge in [0.2, 0.25) is 11.2 Å². The van der Waals surface area contributed by atoms with E-state index in [0.29, 0.717) is 5.75 Å². The molecule has 1 amide bonds. The molecule has 10 nitrogen and oxygen atoms in total. The standard InChI is InChI=1S/C34H29F3N2O8/c1-33(2,3)47-32(42)39-24(14-19-17-38-23-7-5-4-6-21(19)23)31(41)45-20-9-10-22-26(16-20)46-30(34(35,36)37)28(29(22)40)18-8-11-25-27(15-18)44-13-12-43-25/h4-11,15-17,19,24H,12-14H2,1-3H3,(H,39,42)/t19-,24-/m0/s1. The summed E-state index contributed by atoms with van der Waals surface area (Å²) in [6, 6.07) is 13.6. The molecule has 6 rings (SSSR count). The number of para-hydroxylation sites is 1. The van der Waals surface area contributed by atoms with Crippen LogP contribution in [-0.4, -0.2) is 43.1 Å². The van der Waals surface area contributed by atoms with Crippen molar-refractivity contribution < 1.29 is 46.1 Å². The number of nitrogens with zero attached hydrogens (tertiary/aromatic N) is 1. The molecule has 4 aromatic rings. The number of carbonyl (C=O) groups is 2. The zero-order valence-electron chi connectivity index (χ0n) is 25.5. The van der Waals surface area contributed by atoms with E-state index in [9.17, 15) is 27.6 Å². The Labute approximate surface area is 266 Å². The van der Waals surface area contributed by atoms with Crippen LogP contribution in [0.1, 0.15) is 44.4 Å². The minimum Gasteiger partial charge on any atom is -0.486 e. The monoisotopic (exact) mass is 650 g/mol. The largest absolute Gasteiger partial charge is 0.486 e. The highest BCUT2D eigenvalue weighted by Gasteiger charge is 2.40. The van der Waals surface area contributed by atoms with Crippen molar-refractivity contribution >= 4 is 34.9 Å². The number of halogens is 3. The Balaban J connectivity index is 1.32. The van der Waals surface area contributed by atoms with E-state index >= 15 is 0 Å². The minimum atomic E-state index is -5.05. The van der Waals surface area contributed by atoms with E-state index in [1.807, 2.05) is 24.3 Å². The topological polar surface area (TPSA) is 126 Å². The first kappa shape index (κ1) is 31.6. The van der Waals surface area contributed by atoms with Crippen LogP contribution in [0.5, 0.6) is 17.2 Å². The van der Waals surface area contributed by atoms with Gasteiger partial charge in [0.05, 0.1) is 16.6 Å². The van der Waals surface area contributed by atoms with Gasteiger partial charge in [-0.25, -0.2) is 9.59 Å². The van der Waals surface area contributed by atoms with Crippen LogP contribution < -0.4 is 25.0 Å². The van der Waals surface area contributed by atoms with E-state index in [1.165, 1.54) is 30.3 Å². The second-order valence-electron chi connectivity index (χ2n) is 11.9. The molecule has 0 spiro atoms. The highest BCUT2D eigenvalue weighted by atomic mass is 19.4. The van der Waals surface area contributed by atoms with Crippen molar-refractivity contribution in [3.63, 3.8) is 0 Å². The van der Waals surface area contributed by atoms with E-state index in [-0.39, 0.29) is 48.0 Å². The van der Waals surface area contributed by atoms with Gasteiger partial charge in [-0.3, -0.25) is 9.79 Å². The van der Waals surface area contributed by atoms with Crippen LogP contribution in [0.3, 0.4) is 0 Å². The molecule has 2 aliphatic rings. The van der Waals surface area contributed by atoms with Gasteiger partial charge < -0.3 is 28.7 Å². The van der Waals surface area contributed by atoms with Crippen molar-refractivity contribution in [2.75, 3.05) is 13.2 Å². The summed E-state index contributed by atoms with van der Waals surface area (Å²) in [7, 11) is 0. The number of rotatable bonds is 6. The molecule has 1 aromatic heterocycles. The van der Waals surface area contributed by atoms with Crippen LogP contribution in [0.2, 0.25) is 0 Å². The van der Waals surface area contributed by atoms with Crippen molar-refractivity contribution in [3.05, 3.63) is 82.2 Å². The Kier molecular flexibility index (Phi) is 8.16. The highest BCUT2D eigenvalue weighted by Crippen LogP contribution is 2.41. The second-order valence-corrected chi connectivity index (χ2v) is 11.9. The van der Waals surface area contributed by atoms with Crippen LogP contribution in [0.15, 0.2) is 74.9 Å². The van der Waals surface area contributed by atoms with E-state index in [4.69, 9.17) is 23.4 Å². The SMILES string of the molecule is CC(C)(C)OC(=O)N[C@@H](C[C@H]1C=Nc2ccccc21)C(=O)Oc1ccc2c(=O)c(-c3ccc4c(c3)OCCO4)c(C(F)(F)F)oc2c1. The number of benzene rings is 3. The van der Waals surface area contributed by atoms with E-state index in [0.717, 1.165) is 17.3 Å². The number of nitrogens with one attached hydrogen (secondary N) is 1. The number of ether oxygens (including phenoxy) is 4. The lowest BCUT2D eigenvalue weighted by Crippen LogP contribution is -2.46. The third-order valence-corrected chi connectivity index (χ3v) is 7.37. The molecule has 2 aliphatic heterocycles. The Bertz CT molecular complexity index is 1960. The summed E-state index contributed by atoms with van der Waals surface area (Å²) in [6.45, 7) is 5.48. The third kappa shape index (κ3) is 6.79. The van der Waals surface area contributed by atoms with Crippen molar-refractivity contribution in [2.24, 2.45) is 4.99 Å². The molecule has 0 bridgehead atoms. The van der Waals surface area contributed by atoms with Gasteiger partial charge in [-0.1, -0.05) is 24.3 Å². The molecule has 47 heavy (non-hydrogen) atoms. The summed E-state index contributed by atoms with van der Waals surface area (Å²) in [5.41, 5.74) is -1.46. The van der Waals surface area contributed by atoms with E-state index in [2.05, 4.69) is 10.3 Å². The summed E-state index contributed by atoms with van der Waals surface area (Å²) in [4.78, 5) is 44.0. The molecule has 0 fully saturated rings. The van der Waals surface area contributed by atoms with Gasteiger partial charge in [0, 0.05) is 18.2 Å². The Hall–Kier alpha value is -5.33. The lowest BCUT2D eigenvalue weighted by atomic mass is 9.94. The van der Waals surface area contributed by atoms with Gasteiger partial charge in [-0.2, -0.15) is 13.2 Å². The number of hydrogen-bond acceptors (Lipinski definition) is 9. The van der Waals surface area contributed by atoms with Crippen molar-refractivity contribution in [1.82, 2.24) is 5.32 Å². The van der Waals surface area contributed by atoms with Crippen molar-refractivity contribution in [2.45, 2.75) is 50.9 Å². The molecule has 0 aliphatic carbocycles. The molecule has 0 unspecified atom stereocenters. The van der Waals surface area contributed by atoms with Crippen LogP contribution in [0.4, 0.5) is 23.7 Å². The lowest BCUT2D eigenvalue weighted by Gasteiger charge is -2.24. The Morgan fingerprint density at radius 1 is 1.00 bits per heavy atom. The number of esters is 1. The van der Waals surface area contributed by atoms with Gasteiger partial charge in [0.1, 0.15) is 36.2 Å². The number of alkyl halides is 3. The van der Waals surface area contributed by atoms with Gasteiger partial charge in [0.15, 0.2) is 11.5 Å². The normalized spacial score (nSPS) is 16.0. The summed E-state index contributed by atoms with van der Waals surface area (Å²) < 4.78 is 70.0. The number of aliphatic imine (C=N–C) groups is 1. The third-order valence-electron chi connectivity index (χ3n) is 7.37. The molecule has 3 heterocycles. The van der Waals surface area contributed by atoms with Crippen molar-refractivity contribution in [3.8, 4) is 28.4 Å². The maximum Gasteiger partial charge on any atom is 0.450 e. The molecular formula is C34H29F3N2O8. The Morgan fingerprint density at radius 3 is 2.49 bits per heavy atom. The van der Waals surface area contributed by atoms with E-state index < -0.39 is 52.2 Å². The molecule has 2 atom stereocenters. The predicted octanol–water partition coefficient (Wildman–Crippen LogP) is 6.94. The fourth-order valence-corrected chi connectivity index (χ4v) is 5.36. The number of hydrogen-bond donors (Lipinski definition) is 1. The van der Waals surface area contributed by atoms with Gasteiger partial charge >= 0.3 is 18.2 Å². The number of alkyl carbamates (subject to hydrolysis) is 1. The number of fused-ring (bicyclic) bond motifs is 3. The van der Waals surface area contributed by atoms with Gasteiger partial charge in [-0.15, -0.1) is 0 Å². The maximum absolute atomic E-state index is 14.3. The van der Waals surface area contributed by atoms with Gasteiger partial charge in [0.25, 0.3) is 0 Å². The zero-order chi connectivity index (χ0) is 33.5. The average molecular weight is 651 g/mol. The number of carbonyl (C=O) groups excluding carboxylic acids is 2. The second kappa shape index (κ2) is 12.1. The average Bonchev–Trinajstić information content (AvgIpc) is 3.41. The summed E-state index contributed by atoms with van der Waals surface area (Å²) in [6.07, 6.45) is -4.21. The zero-order valence-corrected chi connectivity index (χ0v) is 25.5. The maximum atomic E-state index is 14.3. The first-order valence-electron chi connectivity index (χ1n) is 14.7. The fraction of sp³-hybridized carbons (Fsp3) is 0.294. The lowest BCUT2D eigenvalue weighted by molar-refractivity contribution is -0.152. The smallest absolute Gasteiger partial charge is 0.450 e. The Morgan fingerprint density at radius 2 is 1.74 bits per heavy atom. The molecular weight excluding hydrogens is 621 g/mol. The van der Waals surface area contributed by atoms with Crippen LogP contribution in [-0.2, 0) is 15.7 Å². The first-order chi connectivity index (χ1) is 22.3. The van der Waals surface area contributed by atoms with E-state index in [1.54, 1.807) is 27.0 Å². The summed E-state index contributed by atoms with van der Waals surface area (Å²) in [5, 5.41) is 2.36. The molecule has 3 aromatic carbocycles. The molecule has 13 heteroatoms. The van der Waals surface area contributed by atoms with Crippen molar-refractivity contribution in [1.29, 1.82) is 0 Å². The van der Waals surface area contributed by atoms with Crippen LogP contribution in [0, 0.1) is 0 Å². The van der Waals surface area contributed by atoms with Crippen LogP contribution in [0.25, 0.3) is 22.1 Å². The van der Waals surface area contributed by atoms with Gasteiger partial charge in [-0.05, 0) is 68.7 Å².